The average Bonchev–Trinajstić information content (AvgIpc) is 2.08. The van der Waals surface area contributed by atoms with Gasteiger partial charge >= 0.3 is 0 Å². The first-order chi connectivity index (χ1) is 6.18. The summed E-state index contributed by atoms with van der Waals surface area (Å²) >= 11 is 0. The topological polar surface area (TPSA) is 12.4 Å². The van der Waals surface area contributed by atoms with Crippen LogP contribution >= 0.6 is 0 Å². The van der Waals surface area contributed by atoms with Crippen molar-refractivity contribution >= 4 is 11.9 Å². The first-order valence-corrected chi connectivity index (χ1v) is 4.43. The van der Waals surface area contributed by atoms with Gasteiger partial charge in [0.1, 0.15) is 0 Å². The Hall–Kier alpha value is -1.37. The molecule has 0 heterocycles. The van der Waals surface area contributed by atoms with Crippen LogP contribution in [0.1, 0.15) is 19.4 Å². The van der Waals surface area contributed by atoms with Crippen LogP contribution in [0.15, 0.2) is 40.9 Å². The standard InChI is InChI=1S/C12H15N/c1-10(2)8-9-13-12-6-4-11(3)5-7-12/h4-9H,1-3H3/b13-9-. The fraction of sp³-hybridized carbons (Fsp3) is 0.250. The molecular formula is C12H15N. The summed E-state index contributed by atoms with van der Waals surface area (Å²) in [7, 11) is 0. The highest BCUT2D eigenvalue weighted by atomic mass is 14.7. The zero-order valence-corrected chi connectivity index (χ0v) is 8.41. The lowest BCUT2D eigenvalue weighted by molar-refractivity contribution is 1.40. The minimum Gasteiger partial charge on any atom is -0.257 e. The van der Waals surface area contributed by atoms with Crippen LogP contribution in [0.5, 0.6) is 0 Å². The molecule has 0 atom stereocenters. The predicted octanol–water partition coefficient (Wildman–Crippen LogP) is 3.66. The van der Waals surface area contributed by atoms with E-state index < -0.39 is 0 Å². The van der Waals surface area contributed by atoms with Gasteiger partial charge in [-0.2, -0.15) is 0 Å². The zero-order valence-electron chi connectivity index (χ0n) is 8.41. The monoisotopic (exact) mass is 173 g/mol. The SMILES string of the molecule is CC(C)=C/C=N\c1ccc(C)cc1. The lowest BCUT2D eigenvalue weighted by atomic mass is 10.2. The van der Waals surface area contributed by atoms with E-state index in [0.717, 1.165) is 5.69 Å². The molecule has 0 N–H and O–H groups in total. The van der Waals surface area contributed by atoms with Crippen LogP contribution in [-0.4, -0.2) is 6.21 Å². The van der Waals surface area contributed by atoms with Crippen LogP contribution < -0.4 is 0 Å². The maximum absolute atomic E-state index is 4.29. The van der Waals surface area contributed by atoms with E-state index in [-0.39, 0.29) is 0 Å². The van der Waals surface area contributed by atoms with E-state index in [1.54, 1.807) is 0 Å². The second-order valence-corrected chi connectivity index (χ2v) is 3.36. The summed E-state index contributed by atoms with van der Waals surface area (Å²) in [4.78, 5) is 4.29. The second kappa shape index (κ2) is 4.61. The van der Waals surface area contributed by atoms with Gasteiger partial charge in [-0.3, -0.25) is 4.99 Å². The highest BCUT2D eigenvalue weighted by Crippen LogP contribution is 2.11. The third-order valence-electron chi connectivity index (χ3n) is 1.67. The molecule has 1 aromatic carbocycles. The Bertz CT molecular complexity index is 313. The highest BCUT2D eigenvalue weighted by molar-refractivity contribution is 5.75. The van der Waals surface area contributed by atoms with Crippen molar-refractivity contribution in [3.63, 3.8) is 0 Å². The van der Waals surface area contributed by atoms with Crippen LogP contribution in [0.4, 0.5) is 5.69 Å². The van der Waals surface area contributed by atoms with Crippen molar-refractivity contribution in [2.75, 3.05) is 0 Å². The largest absolute Gasteiger partial charge is 0.257 e. The number of rotatable bonds is 2. The normalized spacial score (nSPS) is 10.4. The summed E-state index contributed by atoms with van der Waals surface area (Å²) in [6.45, 7) is 6.19. The third-order valence-corrected chi connectivity index (χ3v) is 1.67. The maximum atomic E-state index is 4.29. The molecule has 0 aromatic heterocycles. The number of benzene rings is 1. The molecule has 1 aromatic rings. The van der Waals surface area contributed by atoms with Crippen molar-refractivity contribution in [3.05, 3.63) is 41.5 Å². The molecule has 0 aliphatic rings. The summed E-state index contributed by atoms with van der Waals surface area (Å²) in [6, 6.07) is 8.17. The van der Waals surface area contributed by atoms with Crippen molar-refractivity contribution in [2.24, 2.45) is 4.99 Å². The summed E-state index contributed by atoms with van der Waals surface area (Å²) in [6.07, 6.45) is 3.83. The van der Waals surface area contributed by atoms with Crippen molar-refractivity contribution in [3.8, 4) is 0 Å². The Morgan fingerprint density at radius 2 is 1.77 bits per heavy atom. The van der Waals surface area contributed by atoms with Crippen molar-refractivity contribution < 1.29 is 0 Å². The quantitative estimate of drug-likeness (QED) is 0.605. The smallest absolute Gasteiger partial charge is 0.0629 e. The third kappa shape index (κ3) is 3.70. The van der Waals surface area contributed by atoms with Crippen LogP contribution in [0.2, 0.25) is 0 Å². The molecular weight excluding hydrogens is 158 g/mol. The van der Waals surface area contributed by atoms with Crippen molar-refractivity contribution in [2.45, 2.75) is 20.8 Å². The fourth-order valence-electron chi connectivity index (χ4n) is 0.903. The van der Waals surface area contributed by atoms with Gasteiger partial charge in [-0.1, -0.05) is 23.3 Å². The van der Waals surface area contributed by atoms with Crippen LogP contribution in [0.25, 0.3) is 0 Å². The molecule has 68 valence electrons. The van der Waals surface area contributed by atoms with Crippen LogP contribution in [0, 0.1) is 6.92 Å². The highest BCUT2D eigenvalue weighted by Gasteiger charge is 1.85. The summed E-state index contributed by atoms with van der Waals surface area (Å²) < 4.78 is 0. The van der Waals surface area contributed by atoms with E-state index in [1.807, 2.05) is 24.4 Å². The lowest BCUT2D eigenvalue weighted by Crippen LogP contribution is -1.71. The summed E-state index contributed by atoms with van der Waals surface area (Å²) in [5.74, 6) is 0. The van der Waals surface area contributed by atoms with Gasteiger partial charge in [0.15, 0.2) is 0 Å². The molecule has 0 aliphatic carbocycles. The van der Waals surface area contributed by atoms with E-state index in [4.69, 9.17) is 0 Å². The number of allylic oxidation sites excluding steroid dienone is 2. The Morgan fingerprint density at radius 3 is 2.31 bits per heavy atom. The number of aliphatic imine (C=N–C) groups is 1. The molecule has 0 saturated heterocycles. The molecule has 0 aliphatic heterocycles. The molecule has 0 amide bonds. The van der Waals surface area contributed by atoms with Gasteiger partial charge in [-0.15, -0.1) is 0 Å². The minimum atomic E-state index is 1.00. The van der Waals surface area contributed by atoms with E-state index >= 15 is 0 Å². The molecule has 0 radical (unpaired) electrons. The zero-order chi connectivity index (χ0) is 9.68. The average molecular weight is 173 g/mol. The van der Waals surface area contributed by atoms with Gasteiger partial charge in [0.05, 0.1) is 5.69 Å². The van der Waals surface area contributed by atoms with Gasteiger partial charge in [-0.05, 0) is 39.0 Å². The predicted molar refractivity (Wildman–Crippen MR) is 58.8 cm³/mol. The Kier molecular flexibility index (Phi) is 3.44. The number of nitrogens with zero attached hydrogens (tertiary/aromatic N) is 1. The van der Waals surface area contributed by atoms with E-state index in [1.165, 1.54) is 11.1 Å². The van der Waals surface area contributed by atoms with Gasteiger partial charge in [0.25, 0.3) is 0 Å². The molecule has 0 bridgehead atoms. The van der Waals surface area contributed by atoms with Crippen LogP contribution in [0.3, 0.4) is 0 Å². The number of hydrogen-bond acceptors (Lipinski definition) is 1. The van der Waals surface area contributed by atoms with Crippen molar-refractivity contribution in [1.29, 1.82) is 0 Å². The van der Waals surface area contributed by atoms with Crippen molar-refractivity contribution in [1.82, 2.24) is 0 Å². The lowest BCUT2D eigenvalue weighted by Gasteiger charge is -1.92. The molecule has 0 saturated carbocycles. The number of hydrogen-bond donors (Lipinski definition) is 0. The summed E-state index contributed by atoms with van der Waals surface area (Å²) in [5.41, 5.74) is 3.53. The van der Waals surface area contributed by atoms with Gasteiger partial charge in [0.2, 0.25) is 0 Å². The Balaban J connectivity index is 2.70. The van der Waals surface area contributed by atoms with E-state index in [9.17, 15) is 0 Å². The Morgan fingerprint density at radius 1 is 1.15 bits per heavy atom. The second-order valence-electron chi connectivity index (χ2n) is 3.36. The minimum absolute atomic E-state index is 1.00. The molecule has 1 heteroatoms. The van der Waals surface area contributed by atoms with Gasteiger partial charge < -0.3 is 0 Å². The van der Waals surface area contributed by atoms with Gasteiger partial charge in [-0.25, -0.2) is 0 Å². The molecule has 0 unspecified atom stereocenters. The molecule has 13 heavy (non-hydrogen) atoms. The molecule has 1 nitrogen and oxygen atoms in total. The first kappa shape index (κ1) is 9.72. The first-order valence-electron chi connectivity index (χ1n) is 4.43. The maximum Gasteiger partial charge on any atom is 0.0629 e. The number of aryl methyl sites for hydroxylation is 1. The Labute approximate surface area is 79.8 Å². The summed E-state index contributed by atoms with van der Waals surface area (Å²) in [5, 5.41) is 0. The van der Waals surface area contributed by atoms with Crippen LogP contribution in [-0.2, 0) is 0 Å². The van der Waals surface area contributed by atoms with E-state index in [0.29, 0.717) is 0 Å². The molecule has 1 rings (SSSR count). The fourth-order valence-corrected chi connectivity index (χ4v) is 0.903. The molecule has 0 fully saturated rings. The molecule has 0 spiro atoms. The van der Waals surface area contributed by atoms with E-state index in [2.05, 4.69) is 37.9 Å². The van der Waals surface area contributed by atoms with Gasteiger partial charge in [0, 0.05) is 6.21 Å².